The predicted molar refractivity (Wildman–Crippen MR) is 71.2 cm³/mol. The highest BCUT2D eigenvalue weighted by atomic mass is 15.1. The van der Waals surface area contributed by atoms with Crippen LogP contribution in [0.1, 0.15) is 39.5 Å². The largest absolute Gasteiger partial charge is 0.367 e. The molecule has 1 aliphatic rings. The minimum Gasteiger partial charge on any atom is -0.367 e. The summed E-state index contributed by atoms with van der Waals surface area (Å²) in [6.45, 7) is 5.30. The normalized spacial score (nSPS) is 22.2. The molecular formula is C13H22N4. The lowest BCUT2D eigenvalue weighted by atomic mass is 10.2. The Morgan fingerprint density at radius 3 is 3.00 bits per heavy atom. The van der Waals surface area contributed by atoms with Crippen LogP contribution in [-0.4, -0.2) is 22.6 Å². The maximum atomic E-state index is 4.45. The number of nitrogens with one attached hydrogen (secondary N) is 2. The Labute approximate surface area is 103 Å². The van der Waals surface area contributed by atoms with E-state index in [-0.39, 0.29) is 0 Å². The standard InChI is InChI=1S/C13H22N4/c1-3-5-10-9-11(10)16-12-6-8-15-13(17-12)14-7-4-2/h6,8,10-11H,3-5,7,9H2,1-2H3,(H2,14,15,16,17). The molecule has 0 saturated heterocycles. The predicted octanol–water partition coefficient (Wildman–Crippen LogP) is 2.90. The smallest absolute Gasteiger partial charge is 0.224 e. The molecule has 0 radical (unpaired) electrons. The van der Waals surface area contributed by atoms with Crippen molar-refractivity contribution < 1.29 is 0 Å². The maximum absolute atomic E-state index is 4.45. The van der Waals surface area contributed by atoms with Gasteiger partial charge in [0.1, 0.15) is 5.82 Å². The van der Waals surface area contributed by atoms with Gasteiger partial charge in [0, 0.05) is 18.8 Å². The van der Waals surface area contributed by atoms with Crippen LogP contribution in [0.25, 0.3) is 0 Å². The fourth-order valence-electron chi connectivity index (χ4n) is 2.07. The SMILES string of the molecule is CCCNc1nccc(NC2CC2CCC)n1. The van der Waals surface area contributed by atoms with Gasteiger partial charge in [0.15, 0.2) is 0 Å². The van der Waals surface area contributed by atoms with E-state index in [0.717, 1.165) is 30.6 Å². The van der Waals surface area contributed by atoms with Crippen molar-refractivity contribution in [3.05, 3.63) is 12.3 Å². The molecule has 1 aromatic heterocycles. The van der Waals surface area contributed by atoms with Crippen LogP contribution in [0.3, 0.4) is 0 Å². The summed E-state index contributed by atoms with van der Waals surface area (Å²) in [5.74, 6) is 2.52. The number of nitrogens with zero attached hydrogens (tertiary/aromatic N) is 2. The quantitative estimate of drug-likeness (QED) is 0.761. The van der Waals surface area contributed by atoms with E-state index in [9.17, 15) is 0 Å². The fraction of sp³-hybridized carbons (Fsp3) is 0.692. The van der Waals surface area contributed by atoms with Crippen LogP contribution in [0.4, 0.5) is 11.8 Å². The highest BCUT2D eigenvalue weighted by Gasteiger charge is 2.36. The molecule has 17 heavy (non-hydrogen) atoms. The van der Waals surface area contributed by atoms with Gasteiger partial charge in [-0.25, -0.2) is 4.98 Å². The molecule has 0 amide bonds. The second kappa shape index (κ2) is 5.84. The van der Waals surface area contributed by atoms with E-state index < -0.39 is 0 Å². The van der Waals surface area contributed by atoms with Gasteiger partial charge in [0.2, 0.25) is 5.95 Å². The lowest BCUT2D eigenvalue weighted by Gasteiger charge is -2.07. The second-order valence-corrected chi connectivity index (χ2v) is 4.73. The number of aromatic nitrogens is 2. The van der Waals surface area contributed by atoms with E-state index >= 15 is 0 Å². The Morgan fingerprint density at radius 1 is 1.35 bits per heavy atom. The third kappa shape index (κ3) is 3.58. The highest BCUT2D eigenvalue weighted by Crippen LogP contribution is 2.36. The molecule has 0 spiro atoms. The van der Waals surface area contributed by atoms with Crippen molar-refractivity contribution in [2.75, 3.05) is 17.2 Å². The van der Waals surface area contributed by atoms with Crippen LogP contribution in [0, 0.1) is 5.92 Å². The zero-order chi connectivity index (χ0) is 12.1. The van der Waals surface area contributed by atoms with Crippen LogP contribution in [0.5, 0.6) is 0 Å². The summed E-state index contributed by atoms with van der Waals surface area (Å²) in [6.07, 6.45) is 6.78. The summed E-state index contributed by atoms with van der Waals surface area (Å²) in [5.41, 5.74) is 0. The summed E-state index contributed by atoms with van der Waals surface area (Å²) in [6, 6.07) is 2.57. The Morgan fingerprint density at radius 2 is 2.24 bits per heavy atom. The maximum Gasteiger partial charge on any atom is 0.224 e. The van der Waals surface area contributed by atoms with Crippen molar-refractivity contribution in [2.45, 2.75) is 45.6 Å². The molecule has 1 aromatic rings. The minimum absolute atomic E-state index is 0.629. The zero-order valence-electron chi connectivity index (χ0n) is 10.7. The molecule has 94 valence electrons. The Hall–Kier alpha value is -1.32. The molecule has 1 heterocycles. The van der Waals surface area contributed by atoms with E-state index in [2.05, 4.69) is 34.4 Å². The van der Waals surface area contributed by atoms with Crippen LogP contribution >= 0.6 is 0 Å². The molecule has 0 bridgehead atoms. The van der Waals surface area contributed by atoms with Gasteiger partial charge < -0.3 is 10.6 Å². The van der Waals surface area contributed by atoms with Crippen molar-refractivity contribution in [1.29, 1.82) is 0 Å². The summed E-state index contributed by atoms with van der Waals surface area (Å²) >= 11 is 0. The lowest BCUT2D eigenvalue weighted by molar-refractivity contribution is 0.692. The Balaban J connectivity index is 1.84. The fourth-order valence-corrected chi connectivity index (χ4v) is 2.07. The highest BCUT2D eigenvalue weighted by molar-refractivity contribution is 5.41. The van der Waals surface area contributed by atoms with E-state index in [1.807, 2.05) is 12.3 Å². The first-order valence-electron chi connectivity index (χ1n) is 6.67. The zero-order valence-corrected chi connectivity index (χ0v) is 10.7. The van der Waals surface area contributed by atoms with E-state index in [1.165, 1.54) is 19.3 Å². The molecule has 2 rings (SSSR count). The Bertz CT molecular complexity index is 353. The topological polar surface area (TPSA) is 49.8 Å². The number of anilines is 2. The molecule has 0 aromatic carbocycles. The van der Waals surface area contributed by atoms with Crippen molar-refractivity contribution in [1.82, 2.24) is 9.97 Å². The third-order valence-electron chi connectivity index (χ3n) is 3.10. The summed E-state index contributed by atoms with van der Waals surface area (Å²) in [7, 11) is 0. The summed E-state index contributed by atoms with van der Waals surface area (Å²) in [5, 5.41) is 6.68. The van der Waals surface area contributed by atoms with Gasteiger partial charge in [0.05, 0.1) is 0 Å². The van der Waals surface area contributed by atoms with Crippen LogP contribution in [0.2, 0.25) is 0 Å². The van der Waals surface area contributed by atoms with Crippen molar-refractivity contribution in [2.24, 2.45) is 5.92 Å². The van der Waals surface area contributed by atoms with Gasteiger partial charge in [-0.05, 0) is 31.2 Å². The number of hydrogen-bond donors (Lipinski definition) is 2. The number of rotatable bonds is 7. The van der Waals surface area contributed by atoms with E-state index in [0.29, 0.717) is 6.04 Å². The monoisotopic (exact) mass is 234 g/mol. The molecule has 4 heteroatoms. The van der Waals surface area contributed by atoms with Crippen molar-refractivity contribution in [3.8, 4) is 0 Å². The van der Waals surface area contributed by atoms with E-state index in [4.69, 9.17) is 0 Å². The van der Waals surface area contributed by atoms with Crippen LogP contribution < -0.4 is 10.6 Å². The molecule has 1 fully saturated rings. The minimum atomic E-state index is 0.629. The Kier molecular flexibility index (Phi) is 4.18. The molecule has 2 atom stereocenters. The van der Waals surface area contributed by atoms with Crippen LogP contribution in [0.15, 0.2) is 12.3 Å². The average Bonchev–Trinajstić information content (AvgIpc) is 3.06. The van der Waals surface area contributed by atoms with Gasteiger partial charge in [-0.15, -0.1) is 0 Å². The van der Waals surface area contributed by atoms with E-state index in [1.54, 1.807) is 0 Å². The van der Waals surface area contributed by atoms with Gasteiger partial charge in [-0.3, -0.25) is 0 Å². The first kappa shape index (κ1) is 12.1. The molecule has 1 aliphatic carbocycles. The molecule has 2 N–H and O–H groups in total. The average molecular weight is 234 g/mol. The molecule has 4 nitrogen and oxygen atoms in total. The first-order chi connectivity index (χ1) is 8.33. The van der Waals surface area contributed by atoms with Crippen molar-refractivity contribution >= 4 is 11.8 Å². The van der Waals surface area contributed by atoms with Crippen molar-refractivity contribution in [3.63, 3.8) is 0 Å². The lowest BCUT2D eigenvalue weighted by Crippen LogP contribution is -2.09. The van der Waals surface area contributed by atoms with Gasteiger partial charge >= 0.3 is 0 Å². The summed E-state index contributed by atoms with van der Waals surface area (Å²) in [4.78, 5) is 8.65. The van der Waals surface area contributed by atoms with Gasteiger partial charge in [-0.1, -0.05) is 20.3 Å². The molecule has 2 unspecified atom stereocenters. The van der Waals surface area contributed by atoms with Crippen LogP contribution in [-0.2, 0) is 0 Å². The van der Waals surface area contributed by atoms with Gasteiger partial charge in [-0.2, -0.15) is 4.98 Å². The summed E-state index contributed by atoms with van der Waals surface area (Å²) < 4.78 is 0. The molecule has 1 saturated carbocycles. The number of hydrogen-bond acceptors (Lipinski definition) is 4. The molecule has 0 aliphatic heterocycles. The third-order valence-corrected chi connectivity index (χ3v) is 3.10. The van der Waals surface area contributed by atoms with Gasteiger partial charge in [0.25, 0.3) is 0 Å². The molecular weight excluding hydrogens is 212 g/mol. The first-order valence-corrected chi connectivity index (χ1v) is 6.67. The second-order valence-electron chi connectivity index (χ2n) is 4.73.